The van der Waals surface area contributed by atoms with Gasteiger partial charge in [-0.1, -0.05) is 74.3 Å². The standard InChI is InChI=1S/C27H30Cl2N4O3/c1-27(2,3)18-8-5-17(6-9-18)24-23-21(32(4)26(36)31-24)14-33(25(23)35)15-22(34)30-12-11-16-7-10-19(28)13-20(16)29/h5-10,13,24H,11-12,14-15H2,1-4H3,(H,30,34)(H,31,36). The molecule has 2 aromatic carbocycles. The number of carbonyl (C=O) groups excluding carboxylic acids is 3. The molecule has 1 unspecified atom stereocenters. The van der Waals surface area contributed by atoms with Gasteiger partial charge in [0, 0.05) is 23.6 Å². The summed E-state index contributed by atoms with van der Waals surface area (Å²) < 4.78 is 0. The van der Waals surface area contributed by atoms with Gasteiger partial charge in [-0.2, -0.15) is 0 Å². The van der Waals surface area contributed by atoms with E-state index in [0.29, 0.717) is 34.3 Å². The van der Waals surface area contributed by atoms with Crippen LogP contribution in [0.15, 0.2) is 53.7 Å². The van der Waals surface area contributed by atoms with Crippen LogP contribution in [0.5, 0.6) is 0 Å². The number of hydrogen-bond acceptors (Lipinski definition) is 3. The number of nitrogens with zero attached hydrogens (tertiary/aromatic N) is 2. The van der Waals surface area contributed by atoms with Gasteiger partial charge >= 0.3 is 6.03 Å². The van der Waals surface area contributed by atoms with Crippen LogP contribution in [-0.4, -0.2) is 54.3 Å². The molecule has 0 aliphatic carbocycles. The molecule has 2 heterocycles. The van der Waals surface area contributed by atoms with Gasteiger partial charge in [0.1, 0.15) is 6.54 Å². The van der Waals surface area contributed by atoms with Crippen LogP contribution < -0.4 is 10.6 Å². The quantitative estimate of drug-likeness (QED) is 0.581. The highest BCUT2D eigenvalue weighted by Gasteiger charge is 2.43. The number of urea groups is 1. The molecule has 0 saturated heterocycles. The van der Waals surface area contributed by atoms with Gasteiger partial charge in [0.05, 0.1) is 23.9 Å². The van der Waals surface area contributed by atoms with Crippen LogP contribution in [0.2, 0.25) is 10.0 Å². The minimum Gasteiger partial charge on any atom is -0.354 e. The molecule has 0 fully saturated rings. The van der Waals surface area contributed by atoms with Crippen molar-refractivity contribution in [3.05, 3.63) is 80.5 Å². The summed E-state index contributed by atoms with van der Waals surface area (Å²) in [6.07, 6.45) is 0.540. The van der Waals surface area contributed by atoms with Crippen LogP contribution >= 0.6 is 23.2 Å². The van der Waals surface area contributed by atoms with Crippen molar-refractivity contribution in [1.29, 1.82) is 0 Å². The molecule has 2 N–H and O–H groups in total. The first-order valence-corrected chi connectivity index (χ1v) is 12.6. The highest BCUT2D eigenvalue weighted by molar-refractivity contribution is 6.35. The Kier molecular flexibility index (Phi) is 7.34. The van der Waals surface area contributed by atoms with Crippen LogP contribution in [0.4, 0.5) is 4.79 Å². The van der Waals surface area contributed by atoms with E-state index in [1.807, 2.05) is 30.3 Å². The molecule has 0 bridgehead atoms. The molecule has 0 aromatic heterocycles. The molecule has 1 atom stereocenters. The van der Waals surface area contributed by atoms with Crippen LogP contribution in [-0.2, 0) is 21.4 Å². The van der Waals surface area contributed by atoms with Crippen molar-refractivity contribution in [2.24, 2.45) is 0 Å². The van der Waals surface area contributed by atoms with Crippen LogP contribution in [0, 0.1) is 0 Å². The van der Waals surface area contributed by atoms with Gasteiger partial charge in [-0.25, -0.2) is 4.79 Å². The van der Waals surface area contributed by atoms with E-state index in [1.54, 1.807) is 19.2 Å². The van der Waals surface area contributed by atoms with E-state index in [0.717, 1.165) is 16.7 Å². The fourth-order valence-electron chi connectivity index (χ4n) is 4.47. The number of carbonyl (C=O) groups is 3. The first kappa shape index (κ1) is 26.0. The maximum absolute atomic E-state index is 13.4. The maximum Gasteiger partial charge on any atom is 0.322 e. The maximum atomic E-state index is 13.4. The number of amides is 4. The first-order valence-electron chi connectivity index (χ1n) is 11.8. The monoisotopic (exact) mass is 528 g/mol. The highest BCUT2D eigenvalue weighted by Crippen LogP contribution is 2.36. The van der Waals surface area contributed by atoms with Crippen molar-refractivity contribution in [2.45, 2.75) is 38.6 Å². The smallest absolute Gasteiger partial charge is 0.322 e. The zero-order valence-corrected chi connectivity index (χ0v) is 22.3. The zero-order valence-electron chi connectivity index (χ0n) is 20.8. The Balaban J connectivity index is 1.43. The normalized spacial score (nSPS) is 17.9. The predicted molar refractivity (Wildman–Crippen MR) is 141 cm³/mol. The topological polar surface area (TPSA) is 81.8 Å². The number of likely N-dealkylation sites (N-methyl/N-ethyl adjacent to an activating group) is 1. The molecular weight excluding hydrogens is 499 g/mol. The minimum absolute atomic E-state index is 0.00871. The lowest BCUT2D eigenvalue weighted by Gasteiger charge is -2.31. The van der Waals surface area contributed by atoms with Gasteiger partial charge in [0.25, 0.3) is 5.91 Å². The fraction of sp³-hybridized carbons (Fsp3) is 0.370. The first-order chi connectivity index (χ1) is 17.0. The molecule has 0 spiro atoms. The number of nitrogens with one attached hydrogen (secondary N) is 2. The van der Waals surface area contributed by atoms with Crippen LogP contribution in [0.1, 0.15) is 43.5 Å². The molecule has 7 nitrogen and oxygen atoms in total. The molecule has 9 heteroatoms. The second-order valence-corrected chi connectivity index (χ2v) is 11.0. The summed E-state index contributed by atoms with van der Waals surface area (Å²) in [5, 5.41) is 6.88. The average Bonchev–Trinajstić information content (AvgIpc) is 3.13. The Hall–Kier alpha value is -3.03. The third-order valence-electron chi connectivity index (χ3n) is 6.61. The number of rotatable bonds is 6. The van der Waals surface area contributed by atoms with E-state index >= 15 is 0 Å². The molecule has 36 heavy (non-hydrogen) atoms. The third kappa shape index (κ3) is 5.37. The van der Waals surface area contributed by atoms with Gasteiger partial charge in [0.15, 0.2) is 0 Å². The molecule has 2 aromatic rings. The second-order valence-electron chi connectivity index (χ2n) is 10.2. The Morgan fingerprint density at radius 3 is 2.44 bits per heavy atom. The second kappa shape index (κ2) is 10.1. The molecule has 2 aliphatic rings. The Morgan fingerprint density at radius 1 is 1.11 bits per heavy atom. The van der Waals surface area contributed by atoms with Crippen molar-refractivity contribution >= 4 is 41.0 Å². The zero-order chi connectivity index (χ0) is 26.2. The van der Waals surface area contributed by atoms with Gasteiger partial charge in [-0.05, 0) is 40.7 Å². The van der Waals surface area contributed by atoms with Gasteiger partial charge in [-0.15, -0.1) is 0 Å². The van der Waals surface area contributed by atoms with Crippen molar-refractivity contribution < 1.29 is 14.4 Å². The molecule has 2 aliphatic heterocycles. The summed E-state index contributed by atoms with van der Waals surface area (Å²) in [7, 11) is 1.64. The summed E-state index contributed by atoms with van der Waals surface area (Å²) in [6, 6.07) is 12.4. The molecule has 4 amide bonds. The lowest BCUT2D eigenvalue weighted by atomic mass is 9.85. The highest BCUT2D eigenvalue weighted by atomic mass is 35.5. The number of hydrogen-bond donors (Lipinski definition) is 2. The fourth-order valence-corrected chi connectivity index (χ4v) is 4.97. The molecule has 0 saturated carbocycles. The van der Waals surface area contributed by atoms with E-state index in [2.05, 4.69) is 31.4 Å². The Morgan fingerprint density at radius 2 is 1.81 bits per heavy atom. The van der Waals surface area contributed by atoms with E-state index < -0.39 is 6.04 Å². The Labute approximate surface area is 221 Å². The largest absolute Gasteiger partial charge is 0.354 e. The van der Waals surface area contributed by atoms with Crippen molar-refractivity contribution in [2.75, 3.05) is 26.7 Å². The molecule has 0 radical (unpaired) electrons. The molecule has 4 rings (SSSR count). The van der Waals surface area contributed by atoms with E-state index in [-0.39, 0.29) is 36.3 Å². The number of benzene rings is 2. The van der Waals surface area contributed by atoms with Crippen LogP contribution in [0.25, 0.3) is 0 Å². The lowest BCUT2D eigenvalue weighted by molar-refractivity contribution is -0.131. The van der Waals surface area contributed by atoms with Gasteiger partial charge < -0.3 is 15.5 Å². The lowest BCUT2D eigenvalue weighted by Crippen LogP contribution is -2.45. The SMILES string of the molecule is CN1C(=O)NC(c2ccc(C(C)(C)C)cc2)C2=C1CN(CC(=O)NCCc1ccc(Cl)cc1Cl)C2=O. The number of halogens is 2. The Bertz CT molecular complexity index is 1230. The molecular formula is C27H30Cl2N4O3. The van der Waals surface area contributed by atoms with E-state index in [4.69, 9.17) is 23.2 Å². The van der Waals surface area contributed by atoms with Crippen molar-refractivity contribution in [3.8, 4) is 0 Å². The van der Waals surface area contributed by atoms with Gasteiger partial charge in [-0.3, -0.25) is 14.5 Å². The van der Waals surface area contributed by atoms with E-state index in [9.17, 15) is 14.4 Å². The average molecular weight is 529 g/mol. The molecule has 190 valence electrons. The van der Waals surface area contributed by atoms with E-state index in [1.165, 1.54) is 9.80 Å². The van der Waals surface area contributed by atoms with Gasteiger partial charge in [0.2, 0.25) is 5.91 Å². The summed E-state index contributed by atoms with van der Waals surface area (Å²) in [5.41, 5.74) is 3.98. The minimum atomic E-state index is -0.565. The summed E-state index contributed by atoms with van der Waals surface area (Å²) >= 11 is 12.1. The summed E-state index contributed by atoms with van der Waals surface area (Å²) in [6.45, 7) is 6.87. The van der Waals surface area contributed by atoms with Crippen molar-refractivity contribution in [3.63, 3.8) is 0 Å². The third-order valence-corrected chi connectivity index (χ3v) is 7.20. The van der Waals surface area contributed by atoms with Crippen molar-refractivity contribution in [1.82, 2.24) is 20.4 Å². The summed E-state index contributed by atoms with van der Waals surface area (Å²) in [4.78, 5) is 41.6. The predicted octanol–water partition coefficient (Wildman–Crippen LogP) is 4.44. The summed E-state index contributed by atoms with van der Waals surface area (Å²) in [5.74, 6) is -0.529. The van der Waals surface area contributed by atoms with Crippen LogP contribution in [0.3, 0.4) is 0 Å².